The molecule has 1 aliphatic heterocycles. The smallest absolute Gasteiger partial charge is 0.382 e. The molecule has 2 atom stereocenters. The van der Waals surface area contributed by atoms with Gasteiger partial charge in [-0.15, -0.1) is 0 Å². The minimum Gasteiger partial charge on any atom is -0.386 e. The fourth-order valence-corrected chi connectivity index (χ4v) is 4.38. The average molecular weight is 450 g/mol. The number of aryl methyl sites for hydroxylation is 1. The number of ether oxygens (including phenoxy) is 1. The summed E-state index contributed by atoms with van der Waals surface area (Å²) in [5.74, 6) is -2.06. The van der Waals surface area contributed by atoms with Crippen LogP contribution in [0.4, 0.5) is 0 Å². The first-order valence-electron chi connectivity index (χ1n) is 12.0. The molecule has 0 amide bonds. The summed E-state index contributed by atoms with van der Waals surface area (Å²) in [5, 5.41) is 3.05. The maximum atomic E-state index is 12.9. The SMILES string of the molecule is CC(C)(CC[C@@H](CCc1ccccc1)c1ccccc1)C(=O)C(=O)OC(=O)C1CCCCN1. The number of esters is 2. The Kier molecular flexibility index (Phi) is 8.95. The molecule has 1 unspecified atom stereocenters. The fourth-order valence-electron chi connectivity index (χ4n) is 4.38. The molecule has 0 aromatic heterocycles. The number of carbonyl (C=O) groups excluding carboxylic acids is 3. The number of hydrogen-bond acceptors (Lipinski definition) is 5. The summed E-state index contributed by atoms with van der Waals surface area (Å²) >= 11 is 0. The quantitative estimate of drug-likeness (QED) is 0.314. The van der Waals surface area contributed by atoms with Crippen LogP contribution in [0, 0.1) is 5.41 Å². The van der Waals surface area contributed by atoms with Gasteiger partial charge in [0.2, 0.25) is 5.78 Å². The van der Waals surface area contributed by atoms with E-state index in [0.717, 1.165) is 38.6 Å². The van der Waals surface area contributed by atoms with Crippen molar-refractivity contribution in [2.75, 3.05) is 6.54 Å². The Balaban J connectivity index is 1.59. The monoisotopic (exact) mass is 449 g/mol. The molecule has 5 nitrogen and oxygen atoms in total. The molecule has 0 bridgehead atoms. The lowest BCUT2D eigenvalue weighted by Gasteiger charge is -2.26. The van der Waals surface area contributed by atoms with E-state index in [1.165, 1.54) is 11.1 Å². The zero-order valence-electron chi connectivity index (χ0n) is 19.7. The van der Waals surface area contributed by atoms with E-state index in [-0.39, 0.29) is 5.92 Å². The second-order valence-electron chi connectivity index (χ2n) is 9.59. The Labute approximate surface area is 196 Å². The van der Waals surface area contributed by atoms with E-state index in [1.807, 2.05) is 36.4 Å². The number of hydrogen-bond donors (Lipinski definition) is 1. The highest BCUT2D eigenvalue weighted by atomic mass is 16.6. The number of Topliss-reactive ketones (excluding diaryl/α,β-unsaturated/α-hetero) is 1. The van der Waals surface area contributed by atoms with Crippen molar-refractivity contribution in [2.24, 2.45) is 5.41 Å². The molecule has 1 saturated heterocycles. The maximum Gasteiger partial charge on any atom is 0.382 e. The number of nitrogens with one attached hydrogen (secondary N) is 1. The molecule has 0 spiro atoms. The Morgan fingerprint density at radius 1 is 0.970 bits per heavy atom. The third kappa shape index (κ3) is 7.36. The van der Waals surface area contributed by atoms with Gasteiger partial charge in [-0.1, -0.05) is 80.9 Å². The van der Waals surface area contributed by atoms with Crippen LogP contribution >= 0.6 is 0 Å². The molecule has 1 aliphatic rings. The number of carbonyl (C=O) groups is 3. The summed E-state index contributed by atoms with van der Waals surface area (Å²) < 4.78 is 4.94. The van der Waals surface area contributed by atoms with Crippen molar-refractivity contribution >= 4 is 17.7 Å². The molecule has 2 aromatic carbocycles. The highest BCUT2D eigenvalue weighted by Gasteiger charge is 2.37. The van der Waals surface area contributed by atoms with E-state index >= 15 is 0 Å². The normalized spacial score (nSPS) is 17.2. The molecule has 2 aromatic rings. The molecule has 3 rings (SSSR count). The molecule has 0 radical (unpaired) electrons. The Bertz CT molecular complexity index is 917. The molecule has 0 aliphatic carbocycles. The second kappa shape index (κ2) is 11.9. The average Bonchev–Trinajstić information content (AvgIpc) is 2.85. The molecule has 0 saturated carbocycles. The standard InChI is InChI=1S/C28H35NO4/c1-28(2,25(30)27(32)33-26(31)24-15-9-10-20-29-24)19-18-23(22-13-7-4-8-14-22)17-16-21-11-5-3-6-12-21/h3-8,11-14,23-24,29H,9-10,15-20H2,1-2H3/t23-,24?/m1/s1. The summed E-state index contributed by atoms with van der Waals surface area (Å²) in [6.45, 7) is 4.25. The molecule has 176 valence electrons. The molecule has 5 heteroatoms. The third-order valence-electron chi connectivity index (χ3n) is 6.60. The first-order valence-corrected chi connectivity index (χ1v) is 12.0. The van der Waals surface area contributed by atoms with Crippen LogP contribution in [0.1, 0.15) is 69.4 Å². The first kappa shape index (κ1) is 24.8. The van der Waals surface area contributed by atoms with Gasteiger partial charge in [0.1, 0.15) is 6.04 Å². The predicted octanol–water partition coefficient (Wildman–Crippen LogP) is 4.99. The second-order valence-corrected chi connectivity index (χ2v) is 9.59. The van der Waals surface area contributed by atoms with Crippen molar-refractivity contribution < 1.29 is 19.1 Å². The van der Waals surface area contributed by atoms with E-state index in [4.69, 9.17) is 4.74 Å². The van der Waals surface area contributed by atoms with Crippen molar-refractivity contribution in [3.8, 4) is 0 Å². The van der Waals surface area contributed by atoms with Crippen molar-refractivity contribution in [1.82, 2.24) is 5.32 Å². The van der Waals surface area contributed by atoms with Crippen molar-refractivity contribution in [1.29, 1.82) is 0 Å². The van der Waals surface area contributed by atoms with Gasteiger partial charge >= 0.3 is 11.9 Å². The van der Waals surface area contributed by atoms with E-state index < -0.39 is 29.2 Å². The van der Waals surface area contributed by atoms with Gasteiger partial charge in [-0.05, 0) is 62.1 Å². The number of piperidine rings is 1. The van der Waals surface area contributed by atoms with E-state index in [0.29, 0.717) is 12.8 Å². The van der Waals surface area contributed by atoms with Gasteiger partial charge in [-0.2, -0.15) is 0 Å². The molecule has 33 heavy (non-hydrogen) atoms. The highest BCUT2D eigenvalue weighted by Crippen LogP contribution is 2.33. The number of benzene rings is 2. The zero-order chi connectivity index (χ0) is 23.7. The summed E-state index contributed by atoms with van der Waals surface area (Å²) in [6, 6.07) is 20.2. The van der Waals surface area contributed by atoms with Gasteiger partial charge in [0.05, 0.1) is 0 Å². The Morgan fingerprint density at radius 2 is 1.64 bits per heavy atom. The van der Waals surface area contributed by atoms with Gasteiger partial charge in [0.15, 0.2) is 0 Å². The van der Waals surface area contributed by atoms with Gasteiger partial charge in [0, 0.05) is 5.41 Å². The molecule has 1 N–H and O–H groups in total. The van der Waals surface area contributed by atoms with Gasteiger partial charge in [-0.25, -0.2) is 9.59 Å². The van der Waals surface area contributed by atoms with Gasteiger partial charge in [-0.3, -0.25) is 4.79 Å². The van der Waals surface area contributed by atoms with Crippen molar-refractivity contribution in [3.63, 3.8) is 0 Å². The van der Waals surface area contributed by atoms with Crippen LogP contribution in [-0.4, -0.2) is 30.3 Å². The van der Waals surface area contributed by atoms with Crippen LogP contribution in [-0.2, 0) is 25.5 Å². The summed E-state index contributed by atoms with van der Waals surface area (Å²) in [7, 11) is 0. The predicted molar refractivity (Wildman–Crippen MR) is 129 cm³/mol. The van der Waals surface area contributed by atoms with E-state index in [9.17, 15) is 14.4 Å². The summed E-state index contributed by atoms with van der Waals surface area (Å²) in [4.78, 5) is 37.6. The zero-order valence-corrected chi connectivity index (χ0v) is 19.7. The molecular weight excluding hydrogens is 414 g/mol. The topological polar surface area (TPSA) is 72.5 Å². The maximum absolute atomic E-state index is 12.9. The third-order valence-corrected chi connectivity index (χ3v) is 6.60. The van der Waals surface area contributed by atoms with Crippen molar-refractivity contribution in [2.45, 2.75) is 70.8 Å². The summed E-state index contributed by atoms with van der Waals surface area (Å²) in [5.41, 5.74) is 1.61. The van der Waals surface area contributed by atoms with Crippen LogP contribution in [0.5, 0.6) is 0 Å². The van der Waals surface area contributed by atoms with Crippen LogP contribution in [0.2, 0.25) is 0 Å². The Hall–Kier alpha value is -2.79. The lowest BCUT2D eigenvalue weighted by Crippen LogP contribution is -2.44. The van der Waals surface area contributed by atoms with Crippen LogP contribution in [0.25, 0.3) is 0 Å². The summed E-state index contributed by atoms with van der Waals surface area (Å²) in [6.07, 6.45) is 5.73. The minimum absolute atomic E-state index is 0.266. The van der Waals surface area contributed by atoms with Gasteiger partial charge < -0.3 is 10.1 Å². The molecule has 1 fully saturated rings. The lowest BCUT2D eigenvalue weighted by molar-refractivity contribution is -0.168. The van der Waals surface area contributed by atoms with Crippen LogP contribution in [0.15, 0.2) is 60.7 Å². The van der Waals surface area contributed by atoms with E-state index in [2.05, 4.69) is 29.6 Å². The fraction of sp³-hybridized carbons (Fsp3) is 0.464. The number of ketones is 1. The van der Waals surface area contributed by atoms with Crippen LogP contribution in [0.3, 0.4) is 0 Å². The van der Waals surface area contributed by atoms with Crippen molar-refractivity contribution in [3.05, 3.63) is 71.8 Å². The van der Waals surface area contributed by atoms with Gasteiger partial charge in [0.25, 0.3) is 0 Å². The largest absolute Gasteiger partial charge is 0.386 e. The lowest BCUT2D eigenvalue weighted by atomic mass is 9.78. The first-order chi connectivity index (χ1) is 15.9. The number of rotatable bonds is 10. The molecular formula is C28H35NO4. The highest BCUT2D eigenvalue weighted by molar-refractivity contribution is 6.37. The molecule has 1 heterocycles. The van der Waals surface area contributed by atoms with E-state index in [1.54, 1.807) is 13.8 Å². The van der Waals surface area contributed by atoms with Crippen LogP contribution < -0.4 is 5.32 Å². The minimum atomic E-state index is -1.04. The Morgan fingerprint density at radius 3 is 2.27 bits per heavy atom.